The van der Waals surface area contributed by atoms with Gasteiger partial charge in [0.1, 0.15) is 0 Å². The summed E-state index contributed by atoms with van der Waals surface area (Å²) < 4.78 is 0. The summed E-state index contributed by atoms with van der Waals surface area (Å²) in [6.07, 6.45) is 0. The first kappa shape index (κ1) is 49.2. The second-order valence-corrected chi connectivity index (χ2v) is 23.5. The number of hydrogen-bond donors (Lipinski definition) is 0. The average Bonchev–Trinajstić information content (AvgIpc) is 3.91. The van der Waals surface area contributed by atoms with Gasteiger partial charge in [0.05, 0.1) is 0 Å². The van der Waals surface area contributed by atoms with Gasteiger partial charge in [-0.1, -0.05) is 215 Å². The van der Waals surface area contributed by atoms with Crippen LogP contribution in [-0.2, 0) is 31.7 Å². The zero-order chi connectivity index (χ0) is 45.2. The summed E-state index contributed by atoms with van der Waals surface area (Å²) in [5.41, 5.74) is 16.5. The first-order chi connectivity index (χ1) is 29.5. The fourth-order valence-corrected chi connectivity index (χ4v) is 8.18. The molecule has 0 aliphatic carbocycles. The van der Waals surface area contributed by atoms with E-state index in [4.69, 9.17) is 17.0 Å². The van der Waals surface area contributed by atoms with Gasteiger partial charge < -0.3 is 0 Å². The van der Waals surface area contributed by atoms with Crippen molar-refractivity contribution in [2.24, 2.45) is 0 Å². The summed E-state index contributed by atoms with van der Waals surface area (Å²) in [4.78, 5) is 0. The van der Waals surface area contributed by atoms with Crippen LogP contribution in [0, 0.1) is 0 Å². The topological polar surface area (TPSA) is 0 Å². The number of benzene rings is 6. The van der Waals surface area contributed by atoms with Gasteiger partial charge in [0.25, 0.3) is 0 Å². The third-order valence-electron chi connectivity index (χ3n) is 11.4. The van der Waals surface area contributed by atoms with E-state index in [1.165, 1.54) is 88.3 Å². The molecule has 0 nitrogen and oxygen atoms in total. The Morgan fingerprint density at radius 2 is 0.758 bits per heavy atom. The second-order valence-electron chi connectivity index (χ2n) is 18.8. The Morgan fingerprint density at radius 3 is 1.06 bits per heavy atom. The predicted octanol–water partition coefficient (Wildman–Crippen LogP) is 18.8. The maximum absolute atomic E-state index is 4.93. The molecule has 0 heterocycles. The molecule has 0 bridgehead atoms. The fourth-order valence-electron chi connectivity index (χ4n) is 8.18. The first-order valence-electron chi connectivity index (χ1n) is 21.9. The van der Waals surface area contributed by atoms with Gasteiger partial charge >= 0.3 is 37.9 Å². The molecule has 0 N–H and O–H groups in total. The van der Waals surface area contributed by atoms with E-state index in [2.05, 4.69) is 240 Å². The molecule has 8 aromatic carbocycles. The molecule has 0 atom stereocenters. The molecular weight excluding hydrogens is 887 g/mol. The quantitative estimate of drug-likeness (QED) is 0.115. The SMILES string of the molecule is CC(C)c1ccccc1-c1c(-c2ccccc2)ccc2[cH-]c(C(C)(C)C)cc12.CC(C)c1ccccc1-c1c(-c2ccccc2)ccc2[cH-]c(C(C)(C)C)cc12.C[Si]C.[Cl][Zr+2][Cl]. The Hall–Kier alpha value is -3.78. The number of halogens is 2. The maximum atomic E-state index is 4.93. The van der Waals surface area contributed by atoms with E-state index < -0.39 is 20.8 Å². The molecule has 8 rings (SSSR count). The first-order valence-corrected chi connectivity index (χ1v) is 30.2. The van der Waals surface area contributed by atoms with Crippen LogP contribution < -0.4 is 0 Å². The van der Waals surface area contributed by atoms with Crippen LogP contribution in [0.4, 0.5) is 0 Å². The van der Waals surface area contributed by atoms with Crippen LogP contribution in [0.15, 0.2) is 158 Å². The van der Waals surface area contributed by atoms with Gasteiger partial charge in [0.15, 0.2) is 0 Å². The van der Waals surface area contributed by atoms with Crippen molar-refractivity contribution in [2.75, 3.05) is 0 Å². The van der Waals surface area contributed by atoms with Crippen molar-refractivity contribution in [3.63, 3.8) is 0 Å². The van der Waals surface area contributed by atoms with Crippen LogP contribution in [0.3, 0.4) is 0 Å². The van der Waals surface area contributed by atoms with Crippen LogP contribution in [0.5, 0.6) is 0 Å². The van der Waals surface area contributed by atoms with Gasteiger partial charge in [-0.05, 0) is 67.2 Å². The normalized spacial score (nSPS) is 11.4. The van der Waals surface area contributed by atoms with Gasteiger partial charge in [0, 0.05) is 9.52 Å². The molecule has 318 valence electrons. The summed E-state index contributed by atoms with van der Waals surface area (Å²) in [7, 11) is 11.0. The Labute approximate surface area is 395 Å². The standard InChI is InChI=1S/2C28H29.C2H6Si.2ClH.Zr/c2*1-19(2)23-13-9-10-14-25(23)27-24(20-11-7-6-8-12-20)16-15-21-17-22(18-26(21)27)28(3,4)5;1-3-2;;;/h2*6-19H,1-5H3;1-2H3;2*1H;/q2*-1;;;;+4/p-2. The van der Waals surface area contributed by atoms with Crippen LogP contribution in [-0.4, -0.2) is 9.52 Å². The molecule has 0 unspecified atom stereocenters. The van der Waals surface area contributed by atoms with Crippen molar-refractivity contribution >= 4 is 48.1 Å². The van der Waals surface area contributed by atoms with Gasteiger partial charge in [-0.15, -0.1) is 56.9 Å². The summed E-state index contributed by atoms with van der Waals surface area (Å²) >= 11 is -0.826. The van der Waals surface area contributed by atoms with Crippen LogP contribution in [0.25, 0.3) is 66.1 Å². The predicted molar refractivity (Wildman–Crippen MR) is 276 cm³/mol. The Kier molecular flexibility index (Phi) is 17.6. The van der Waals surface area contributed by atoms with Crippen molar-refractivity contribution in [1.82, 2.24) is 0 Å². The molecule has 62 heavy (non-hydrogen) atoms. The third kappa shape index (κ3) is 11.9. The molecule has 0 aromatic heterocycles. The molecule has 2 radical (unpaired) electrons. The van der Waals surface area contributed by atoms with Crippen molar-refractivity contribution < 1.29 is 20.8 Å². The molecule has 8 aromatic rings. The summed E-state index contributed by atoms with van der Waals surface area (Å²) in [5.74, 6) is 0.958. The molecule has 0 spiro atoms. The molecule has 0 saturated heterocycles. The zero-order valence-corrected chi connectivity index (χ0v) is 43.9. The molecule has 0 aliphatic rings. The summed E-state index contributed by atoms with van der Waals surface area (Å²) in [6.45, 7) is 27.2. The van der Waals surface area contributed by atoms with E-state index in [-0.39, 0.29) is 10.8 Å². The number of hydrogen-bond acceptors (Lipinski definition) is 0. The Bertz CT molecular complexity index is 2450. The van der Waals surface area contributed by atoms with Gasteiger partial charge in [-0.25, -0.2) is 0 Å². The van der Waals surface area contributed by atoms with Crippen molar-refractivity contribution in [3.05, 3.63) is 180 Å². The van der Waals surface area contributed by atoms with Gasteiger partial charge in [-0.2, -0.15) is 12.1 Å². The van der Waals surface area contributed by atoms with Gasteiger partial charge in [0.2, 0.25) is 0 Å². The fraction of sp³-hybridized carbons (Fsp3) is 0.276. The third-order valence-corrected chi connectivity index (χ3v) is 11.4. The van der Waals surface area contributed by atoms with Crippen molar-refractivity contribution in [1.29, 1.82) is 0 Å². The van der Waals surface area contributed by atoms with Crippen molar-refractivity contribution in [3.8, 4) is 44.5 Å². The van der Waals surface area contributed by atoms with E-state index in [0.717, 1.165) is 9.52 Å². The second kappa shape index (κ2) is 22.2. The molecule has 0 aliphatic heterocycles. The minimum atomic E-state index is -0.826. The summed E-state index contributed by atoms with van der Waals surface area (Å²) in [5, 5.41) is 5.38. The van der Waals surface area contributed by atoms with E-state index in [1.807, 2.05) is 0 Å². The summed E-state index contributed by atoms with van der Waals surface area (Å²) in [6, 6.07) is 58.1. The van der Waals surface area contributed by atoms with E-state index in [9.17, 15) is 0 Å². The van der Waals surface area contributed by atoms with E-state index in [1.54, 1.807) is 0 Å². The number of fused-ring (bicyclic) bond motifs is 2. The van der Waals surface area contributed by atoms with Crippen LogP contribution >= 0.6 is 17.0 Å². The van der Waals surface area contributed by atoms with Crippen molar-refractivity contribution in [2.45, 2.75) is 105 Å². The minimum absolute atomic E-state index is 0.140. The Balaban J connectivity index is 0.000000208. The van der Waals surface area contributed by atoms with E-state index in [0.29, 0.717) is 11.8 Å². The van der Waals surface area contributed by atoms with E-state index >= 15 is 0 Å². The Morgan fingerprint density at radius 1 is 0.452 bits per heavy atom. The monoisotopic (exact) mass is 948 g/mol. The van der Waals surface area contributed by atoms with Crippen LogP contribution in [0.1, 0.15) is 103 Å². The molecule has 4 heteroatoms. The average molecular weight is 951 g/mol. The molecule has 0 saturated carbocycles. The number of rotatable bonds is 6. The molecule has 0 fully saturated rings. The molecule has 0 amide bonds. The molecular formula is C58H64Cl2SiZr. The van der Waals surface area contributed by atoms with Crippen LogP contribution in [0.2, 0.25) is 13.1 Å². The van der Waals surface area contributed by atoms with Gasteiger partial charge in [-0.3, -0.25) is 0 Å². The zero-order valence-electron chi connectivity index (χ0n) is 38.9.